The van der Waals surface area contributed by atoms with Gasteiger partial charge in [-0.15, -0.1) is 0 Å². The van der Waals surface area contributed by atoms with Crippen molar-refractivity contribution in [2.75, 3.05) is 13.3 Å². The van der Waals surface area contributed by atoms with Crippen molar-refractivity contribution < 1.29 is 8.42 Å². The highest BCUT2D eigenvalue weighted by atomic mass is 32.2. The average Bonchev–Trinajstić information content (AvgIpc) is 2.65. The normalized spacial score (nSPS) is 14.6. The van der Waals surface area contributed by atoms with Crippen LogP contribution in [0.5, 0.6) is 0 Å². The van der Waals surface area contributed by atoms with E-state index in [1.165, 1.54) is 6.26 Å². The first-order chi connectivity index (χ1) is 8.63. The smallest absolute Gasteiger partial charge is 0.154 e. The number of aromatic nitrogens is 2. The van der Waals surface area contributed by atoms with Gasteiger partial charge >= 0.3 is 0 Å². The number of sulfone groups is 1. The van der Waals surface area contributed by atoms with Gasteiger partial charge in [-0.3, -0.25) is 4.68 Å². The van der Waals surface area contributed by atoms with Crippen molar-refractivity contribution in [2.24, 2.45) is 7.05 Å². The van der Waals surface area contributed by atoms with Gasteiger partial charge in [-0.1, -0.05) is 6.92 Å². The Morgan fingerprint density at radius 2 is 2.05 bits per heavy atom. The van der Waals surface area contributed by atoms with E-state index in [-0.39, 0.29) is 6.04 Å². The Balaban J connectivity index is 3.03. The fourth-order valence-corrected chi connectivity index (χ4v) is 2.82. The molecular formula is C13H25N3O2S. The van der Waals surface area contributed by atoms with Gasteiger partial charge in [0.05, 0.1) is 10.4 Å². The SMILES string of the molecule is CCc1cc(CC(NC)C(C)(C)S(C)(=O)=O)n(C)n1. The molecule has 1 aromatic heterocycles. The largest absolute Gasteiger partial charge is 0.315 e. The molecule has 1 heterocycles. The monoisotopic (exact) mass is 287 g/mol. The van der Waals surface area contributed by atoms with E-state index in [1.54, 1.807) is 20.9 Å². The Kier molecular flexibility index (Phi) is 4.79. The molecule has 1 atom stereocenters. The molecule has 0 aliphatic carbocycles. The number of hydrogen-bond acceptors (Lipinski definition) is 4. The summed E-state index contributed by atoms with van der Waals surface area (Å²) >= 11 is 0. The van der Waals surface area contributed by atoms with Crippen LogP contribution in [0.1, 0.15) is 32.2 Å². The summed E-state index contributed by atoms with van der Waals surface area (Å²) in [6.45, 7) is 5.59. The first kappa shape index (κ1) is 16.2. The third-order valence-corrected chi connectivity index (χ3v) is 6.14. The van der Waals surface area contributed by atoms with Crippen molar-refractivity contribution in [2.45, 2.75) is 44.4 Å². The topological polar surface area (TPSA) is 64.0 Å². The fourth-order valence-electron chi connectivity index (χ4n) is 2.10. The predicted octanol–water partition coefficient (Wildman–Crippen LogP) is 0.936. The second-order valence-electron chi connectivity index (χ2n) is 5.53. The third-order valence-electron chi connectivity index (χ3n) is 3.95. The van der Waals surface area contributed by atoms with E-state index in [0.29, 0.717) is 6.42 Å². The molecule has 0 aromatic carbocycles. The van der Waals surface area contributed by atoms with Crippen LogP contribution in [0.2, 0.25) is 0 Å². The molecule has 110 valence electrons. The number of rotatable bonds is 6. The van der Waals surface area contributed by atoms with Crippen molar-refractivity contribution in [3.63, 3.8) is 0 Å². The minimum Gasteiger partial charge on any atom is -0.315 e. The van der Waals surface area contributed by atoms with Gasteiger partial charge in [0.2, 0.25) is 0 Å². The van der Waals surface area contributed by atoms with Gasteiger partial charge in [0.15, 0.2) is 9.84 Å². The summed E-state index contributed by atoms with van der Waals surface area (Å²) in [5.74, 6) is 0. The molecule has 1 rings (SSSR count). The van der Waals surface area contributed by atoms with Crippen LogP contribution in [0.25, 0.3) is 0 Å². The molecule has 6 heteroatoms. The first-order valence-corrected chi connectivity index (χ1v) is 8.41. The lowest BCUT2D eigenvalue weighted by atomic mass is 9.98. The number of likely N-dealkylation sites (N-methyl/N-ethyl adjacent to an activating group) is 1. The molecular weight excluding hydrogens is 262 g/mol. The Morgan fingerprint density at radius 1 is 1.47 bits per heavy atom. The molecule has 5 nitrogen and oxygen atoms in total. The molecule has 0 spiro atoms. The Labute approximate surface area is 116 Å². The van der Waals surface area contributed by atoms with Crippen molar-refractivity contribution in [1.82, 2.24) is 15.1 Å². The van der Waals surface area contributed by atoms with Gasteiger partial charge in [0.1, 0.15) is 0 Å². The van der Waals surface area contributed by atoms with Crippen LogP contribution in [0.4, 0.5) is 0 Å². The molecule has 0 saturated heterocycles. The second kappa shape index (κ2) is 5.63. The lowest BCUT2D eigenvalue weighted by molar-refractivity contribution is 0.422. The lowest BCUT2D eigenvalue weighted by Crippen LogP contribution is -2.51. The Bertz CT molecular complexity index is 532. The average molecular weight is 287 g/mol. The van der Waals surface area contributed by atoms with E-state index >= 15 is 0 Å². The summed E-state index contributed by atoms with van der Waals surface area (Å²) in [6, 6.07) is 1.89. The minimum atomic E-state index is -3.14. The maximum absolute atomic E-state index is 11.9. The van der Waals surface area contributed by atoms with Crippen LogP contribution in [-0.2, 0) is 29.7 Å². The molecule has 0 amide bonds. The highest BCUT2D eigenvalue weighted by Crippen LogP contribution is 2.23. The number of nitrogens with one attached hydrogen (secondary N) is 1. The highest BCUT2D eigenvalue weighted by molar-refractivity contribution is 7.92. The Morgan fingerprint density at radius 3 is 2.42 bits per heavy atom. The fraction of sp³-hybridized carbons (Fsp3) is 0.769. The van der Waals surface area contributed by atoms with Crippen molar-refractivity contribution in [1.29, 1.82) is 0 Å². The number of aryl methyl sites for hydroxylation is 2. The first-order valence-electron chi connectivity index (χ1n) is 6.52. The summed E-state index contributed by atoms with van der Waals surface area (Å²) in [4.78, 5) is 0. The standard InChI is InChI=1S/C13H25N3O2S/c1-7-10-8-11(16(5)15-10)9-12(14-4)13(2,3)19(6,17)18/h8,12,14H,7,9H2,1-6H3. The molecule has 0 aliphatic heterocycles. The van der Waals surface area contributed by atoms with Crippen molar-refractivity contribution in [3.05, 3.63) is 17.5 Å². The van der Waals surface area contributed by atoms with Gasteiger partial charge in [0.25, 0.3) is 0 Å². The molecule has 0 fully saturated rings. The van der Waals surface area contributed by atoms with Crippen LogP contribution >= 0.6 is 0 Å². The summed E-state index contributed by atoms with van der Waals surface area (Å²) < 4.78 is 24.9. The van der Waals surface area contributed by atoms with Crippen LogP contribution in [-0.4, -0.2) is 42.3 Å². The summed E-state index contributed by atoms with van der Waals surface area (Å²) in [7, 11) is 0.560. The van der Waals surface area contributed by atoms with E-state index < -0.39 is 14.6 Å². The van der Waals surface area contributed by atoms with E-state index in [2.05, 4.69) is 17.3 Å². The van der Waals surface area contributed by atoms with E-state index in [1.807, 2.05) is 17.8 Å². The van der Waals surface area contributed by atoms with Gasteiger partial charge in [-0.2, -0.15) is 5.10 Å². The second-order valence-corrected chi connectivity index (χ2v) is 8.12. The van der Waals surface area contributed by atoms with E-state index in [0.717, 1.165) is 17.8 Å². The van der Waals surface area contributed by atoms with Crippen molar-refractivity contribution in [3.8, 4) is 0 Å². The molecule has 1 unspecified atom stereocenters. The molecule has 0 aliphatic rings. The van der Waals surface area contributed by atoms with Crippen LogP contribution in [0.15, 0.2) is 6.07 Å². The molecule has 1 aromatic rings. The summed E-state index contributed by atoms with van der Waals surface area (Å²) in [5.41, 5.74) is 2.08. The molecule has 1 N–H and O–H groups in total. The maximum Gasteiger partial charge on any atom is 0.154 e. The molecule has 19 heavy (non-hydrogen) atoms. The molecule has 0 bridgehead atoms. The zero-order valence-corrected chi connectivity index (χ0v) is 13.5. The van der Waals surface area contributed by atoms with Crippen molar-refractivity contribution >= 4 is 9.84 Å². The zero-order chi connectivity index (χ0) is 14.8. The van der Waals surface area contributed by atoms with Crippen LogP contribution in [0.3, 0.4) is 0 Å². The summed E-state index contributed by atoms with van der Waals surface area (Å²) in [6.07, 6.45) is 2.81. The third kappa shape index (κ3) is 3.36. The quantitative estimate of drug-likeness (QED) is 0.845. The van der Waals surface area contributed by atoms with Crippen LogP contribution < -0.4 is 5.32 Å². The molecule has 0 saturated carbocycles. The van der Waals surface area contributed by atoms with Gasteiger partial charge in [-0.25, -0.2) is 8.42 Å². The van der Waals surface area contributed by atoms with E-state index in [4.69, 9.17) is 0 Å². The lowest BCUT2D eigenvalue weighted by Gasteiger charge is -2.32. The Hall–Kier alpha value is -0.880. The number of nitrogens with zero attached hydrogens (tertiary/aromatic N) is 2. The molecule has 0 radical (unpaired) electrons. The van der Waals surface area contributed by atoms with Gasteiger partial charge in [-0.05, 0) is 33.4 Å². The minimum absolute atomic E-state index is 0.150. The summed E-state index contributed by atoms with van der Waals surface area (Å²) in [5, 5.41) is 7.53. The van der Waals surface area contributed by atoms with E-state index in [9.17, 15) is 8.42 Å². The number of hydrogen-bond donors (Lipinski definition) is 1. The van der Waals surface area contributed by atoms with Gasteiger partial charge < -0.3 is 5.32 Å². The predicted molar refractivity (Wildman–Crippen MR) is 78.1 cm³/mol. The van der Waals surface area contributed by atoms with Crippen LogP contribution in [0, 0.1) is 0 Å². The maximum atomic E-state index is 11.9. The zero-order valence-electron chi connectivity index (χ0n) is 12.7. The van der Waals surface area contributed by atoms with Gasteiger partial charge in [0, 0.05) is 31.5 Å². The highest BCUT2D eigenvalue weighted by Gasteiger charge is 2.38.